The van der Waals surface area contributed by atoms with Crippen molar-refractivity contribution < 1.29 is 0 Å². The van der Waals surface area contributed by atoms with Crippen molar-refractivity contribution in [3.63, 3.8) is 0 Å². The molecule has 0 radical (unpaired) electrons. The van der Waals surface area contributed by atoms with Crippen LogP contribution in [0.5, 0.6) is 0 Å². The Morgan fingerprint density at radius 3 is 2.25 bits per heavy atom. The first-order valence-corrected chi connectivity index (χ1v) is 9.31. The van der Waals surface area contributed by atoms with Crippen LogP contribution in [0.2, 0.25) is 0 Å². The zero-order valence-corrected chi connectivity index (χ0v) is 13.4. The van der Waals surface area contributed by atoms with E-state index in [1.807, 2.05) is 0 Å². The van der Waals surface area contributed by atoms with Gasteiger partial charge < -0.3 is 10.2 Å². The summed E-state index contributed by atoms with van der Waals surface area (Å²) < 4.78 is 0. The molecule has 20 heavy (non-hydrogen) atoms. The fourth-order valence-corrected chi connectivity index (χ4v) is 3.92. The van der Waals surface area contributed by atoms with Crippen molar-refractivity contribution in [2.24, 2.45) is 17.8 Å². The molecule has 0 aliphatic heterocycles. The smallest absolute Gasteiger partial charge is 0.00958 e. The lowest BCUT2D eigenvalue weighted by molar-refractivity contribution is 0.224. The van der Waals surface area contributed by atoms with Crippen molar-refractivity contribution >= 4 is 0 Å². The maximum atomic E-state index is 3.79. The fourth-order valence-electron chi connectivity index (χ4n) is 3.92. The highest BCUT2D eigenvalue weighted by molar-refractivity contribution is 4.86. The van der Waals surface area contributed by atoms with Crippen molar-refractivity contribution in [3.05, 3.63) is 0 Å². The average Bonchev–Trinajstić information content (AvgIpc) is 3.37. The lowest BCUT2D eigenvalue weighted by Crippen LogP contribution is -2.36. The van der Waals surface area contributed by atoms with Crippen LogP contribution >= 0.6 is 0 Å². The molecule has 0 aromatic rings. The standard InChI is InChI=1S/C18H34N2/c1-2-11-19-18-5-3-4-17(18)10-12-20(13-15-6-7-15)14-16-8-9-16/h15-19H,2-14H2,1H3. The monoisotopic (exact) mass is 278 g/mol. The largest absolute Gasteiger partial charge is 0.314 e. The van der Waals surface area contributed by atoms with E-state index in [1.54, 1.807) is 0 Å². The molecule has 0 amide bonds. The number of nitrogens with zero attached hydrogens (tertiary/aromatic N) is 1. The predicted octanol–water partition coefficient (Wildman–Crippen LogP) is 3.67. The average molecular weight is 278 g/mol. The molecule has 0 aromatic carbocycles. The molecule has 0 bridgehead atoms. The normalized spacial score (nSPS) is 30.3. The van der Waals surface area contributed by atoms with Crippen molar-refractivity contribution in [2.75, 3.05) is 26.2 Å². The summed E-state index contributed by atoms with van der Waals surface area (Å²) in [6.07, 6.45) is 13.1. The second kappa shape index (κ2) is 7.26. The summed E-state index contributed by atoms with van der Waals surface area (Å²) in [6.45, 7) is 7.70. The summed E-state index contributed by atoms with van der Waals surface area (Å²) in [5.74, 6) is 3.08. The second-order valence-corrected chi connectivity index (χ2v) is 7.69. The molecule has 0 aromatic heterocycles. The Morgan fingerprint density at radius 1 is 0.950 bits per heavy atom. The number of hydrogen-bond donors (Lipinski definition) is 1. The van der Waals surface area contributed by atoms with Gasteiger partial charge in [-0.2, -0.15) is 0 Å². The molecule has 1 N–H and O–H groups in total. The van der Waals surface area contributed by atoms with E-state index < -0.39 is 0 Å². The van der Waals surface area contributed by atoms with Gasteiger partial charge in [0.1, 0.15) is 0 Å². The van der Waals surface area contributed by atoms with Crippen LogP contribution in [-0.2, 0) is 0 Å². The molecule has 3 aliphatic rings. The minimum Gasteiger partial charge on any atom is -0.314 e. The molecule has 0 spiro atoms. The Kier molecular flexibility index (Phi) is 5.39. The summed E-state index contributed by atoms with van der Waals surface area (Å²) in [5, 5.41) is 3.79. The zero-order chi connectivity index (χ0) is 13.8. The molecular formula is C18H34N2. The maximum absolute atomic E-state index is 3.79. The van der Waals surface area contributed by atoms with Gasteiger partial charge in [-0.05, 0) is 82.2 Å². The highest BCUT2D eigenvalue weighted by atomic mass is 15.1. The van der Waals surface area contributed by atoms with Crippen molar-refractivity contribution in [1.29, 1.82) is 0 Å². The van der Waals surface area contributed by atoms with Gasteiger partial charge in [0.2, 0.25) is 0 Å². The Morgan fingerprint density at radius 2 is 1.65 bits per heavy atom. The van der Waals surface area contributed by atoms with E-state index in [2.05, 4.69) is 17.1 Å². The highest BCUT2D eigenvalue weighted by Crippen LogP contribution is 2.35. The Labute approximate surface area is 125 Å². The summed E-state index contributed by atoms with van der Waals surface area (Å²) in [5.41, 5.74) is 0. The highest BCUT2D eigenvalue weighted by Gasteiger charge is 2.31. The van der Waals surface area contributed by atoms with Gasteiger partial charge in [-0.25, -0.2) is 0 Å². The maximum Gasteiger partial charge on any atom is 0.00958 e. The van der Waals surface area contributed by atoms with Crippen LogP contribution in [0.3, 0.4) is 0 Å². The van der Waals surface area contributed by atoms with Crippen molar-refractivity contribution in [3.8, 4) is 0 Å². The first-order valence-electron chi connectivity index (χ1n) is 9.31. The van der Waals surface area contributed by atoms with Gasteiger partial charge in [0, 0.05) is 19.1 Å². The predicted molar refractivity (Wildman–Crippen MR) is 85.9 cm³/mol. The number of rotatable bonds is 10. The summed E-state index contributed by atoms with van der Waals surface area (Å²) in [7, 11) is 0. The third-order valence-corrected chi connectivity index (χ3v) is 5.56. The molecule has 2 atom stereocenters. The first kappa shape index (κ1) is 14.8. The van der Waals surface area contributed by atoms with Crippen molar-refractivity contribution in [2.45, 2.75) is 70.8 Å². The third kappa shape index (κ3) is 4.73. The molecule has 0 saturated heterocycles. The molecular weight excluding hydrogens is 244 g/mol. The van der Waals surface area contributed by atoms with Gasteiger partial charge in [0.15, 0.2) is 0 Å². The minimum atomic E-state index is 0.832. The van der Waals surface area contributed by atoms with Gasteiger partial charge in [0.25, 0.3) is 0 Å². The van der Waals surface area contributed by atoms with Gasteiger partial charge in [0.05, 0.1) is 0 Å². The zero-order valence-electron chi connectivity index (χ0n) is 13.4. The van der Waals surface area contributed by atoms with E-state index in [-0.39, 0.29) is 0 Å². The van der Waals surface area contributed by atoms with E-state index >= 15 is 0 Å². The lowest BCUT2D eigenvalue weighted by atomic mass is 9.99. The quantitative estimate of drug-likeness (QED) is 0.656. The number of nitrogens with one attached hydrogen (secondary N) is 1. The Bertz CT molecular complexity index is 269. The number of hydrogen-bond acceptors (Lipinski definition) is 2. The van der Waals surface area contributed by atoms with E-state index in [4.69, 9.17) is 0 Å². The van der Waals surface area contributed by atoms with Crippen LogP contribution in [-0.4, -0.2) is 37.1 Å². The molecule has 3 aliphatic carbocycles. The molecule has 2 nitrogen and oxygen atoms in total. The van der Waals surface area contributed by atoms with Crippen LogP contribution in [0.15, 0.2) is 0 Å². The van der Waals surface area contributed by atoms with Gasteiger partial charge >= 0.3 is 0 Å². The van der Waals surface area contributed by atoms with Crippen molar-refractivity contribution in [1.82, 2.24) is 10.2 Å². The van der Waals surface area contributed by atoms with E-state index in [0.717, 1.165) is 23.8 Å². The lowest BCUT2D eigenvalue weighted by Gasteiger charge is -2.26. The summed E-state index contributed by atoms with van der Waals surface area (Å²) in [6, 6.07) is 0.832. The van der Waals surface area contributed by atoms with E-state index in [1.165, 1.54) is 84.0 Å². The molecule has 3 saturated carbocycles. The Hall–Kier alpha value is -0.0800. The molecule has 3 rings (SSSR count). The van der Waals surface area contributed by atoms with E-state index in [9.17, 15) is 0 Å². The van der Waals surface area contributed by atoms with Crippen LogP contribution in [0.1, 0.15) is 64.7 Å². The van der Waals surface area contributed by atoms with Crippen LogP contribution in [0, 0.1) is 17.8 Å². The van der Waals surface area contributed by atoms with Gasteiger partial charge in [-0.3, -0.25) is 0 Å². The second-order valence-electron chi connectivity index (χ2n) is 7.69. The molecule has 2 unspecified atom stereocenters. The fraction of sp³-hybridized carbons (Fsp3) is 1.00. The Balaban J connectivity index is 1.40. The molecule has 3 fully saturated rings. The molecule has 0 heterocycles. The minimum absolute atomic E-state index is 0.832. The first-order chi connectivity index (χ1) is 9.85. The molecule has 116 valence electrons. The van der Waals surface area contributed by atoms with E-state index in [0.29, 0.717) is 0 Å². The van der Waals surface area contributed by atoms with Crippen LogP contribution in [0.25, 0.3) is 0 Å². The topological polar surface area (TPSA) is 15.3 Å². The van der Waals surface area contributed by atoms with Gasteiger partial charge in [-0.15, -0.1) is 0 Å². The van der Waals surface area contributed by atoms with Gasteiger partial charge in [-0.1, -0.05) is 13.3 Å². The summed E-state index contributed by atoms with van der Waals surface area (Å²) in [4.78, 5) is 2.82. The van der Waals surface area contributed by atoms with Crippen LogP contribution in [0.4, 0.5) is 0 Å². The summed E-state index contributed by atoms with van der Waals surface area (Å²) >= 11 is 0. The molecule has 2 heteroatoms. The third-order valence-electron chi connectivity index (χ3n) is 5.56. The van der Waals surface area contributed by atoms with Crippen LogP contribution < -0.4 is 5.32 Å². The SMILES string of the molecule is CCCNC1CCCC1CCN(CC1CC1)CC1CC1.